The van der Waals surface area contributed by atoms with E-state index in [1.807, 2.05) is 30.3 Å². The predicted octanol–water partition coefficient (Wildman–Crippen LogP) is 3.85. The van der Waals surface area contributed by atoms with E-state index in [1.165, 1.54) is 24.1 Å². The lowest BCUT2D eigenvalue weighted by Gasteiger charge is -2.31. The molecule has 35 heavy (non-hydrogen) atoms. The Labute approximate surface area is 214 Å². The van der Waals surface area contributed by atoms with Crippen LogP contribution in [0, 0.1) is 0 Å². The number of carbonyl (C=O) groups excluding carboxylic acids is 2. The Bertz CT molecular complexity index is 1240. The van der Waals surface area contributed by atoms with Crippen LogP contribution >= 0.6 is 15.9 Å². The first-order valence-electron chi connectivity index (χ1n) is 11.1. The van der Waals surface area contributed by atoms with Crippen molar-refractivity contribution in [3.05, 3.63) is 95.0 Å². The van der Waals surface area contributed by atoms with Gasteiger partial charge >= 0.3 is 0 Å². The lowest BCUT2D eigenvalue weighted by molar-refractivity contribution is -0.138. The molecular weight excluding hydrogens is 530 g/mol. The number of nitrogens with zero attached hydrogens (tertiary/aromatic N) is 2. The molecule has 184 valence electrons. The van der Waals surface area contributed by atoms with Crippen LogP contribution < -0.4 is 9.62 Å². The molecule has 0 fully saturated rings. The third-order valence-electron chi connectivity index (χ3n) is 5.62. The Morgan fingerprint density at radius 3 is 2.06 bits per heavy atom. The second-order valence-electron chi connectivity index (χ2n) is 7.91. The van der Waals surface area contributed by atoms with Crippen LogP contribution in [-0.2, 0) is 26.0 Å². The van der Waals surface area contributed by atoms with Crippen molar-refractivity contribution in [2.45, 2.75) is 24.3 Å². The molecule has 9 heteroatoms. The first-order chi connectivity index (χ1) is 16.7. The molecule has 0 unspecified atom stereocenters. The summed E-state index contributed by atoms with van der Waals surface area (Å²) in [5, 5.41) is 2.58. The second kappa shape index (κ2) is 12.0. The number of benzene rings is 3. The van der Waals surface area contributed by atoms with Crippen molar-refractivity contribution in [2.24, 2.45) is 0 Å². The number of likely N-dealkylation sites (N-methyl/N-ethyl adjacent to an activating group) is 1. The summed E-state index contributed by atoms with van der Waals surface area (Å²) in [4.78, 5) is 27.5. The average molecular weight is 558 g/mol. The summed E-state index contributed by atoms with van der Waals surface area (Å²) >= 11 is 3.36. The van der Waals surface area contributed by atoms with Crippen molar-refractivity contribution >= 4 is 43.5 Å². The molecule has 0 aromatic heterocycles. The number of amides is 2. The zero-order chi connectivity index (χ0) is 25.4. The van der Waals surface area contributed by atoms with Gasteiger partial charge in [-0.05, 0) is 55.3 Å². The molecule has 1 atom stereocenters. The van der Waals surface area contributed by atoms with Gasteiger partial charge in [0.25, 0.3) is 10.0 Å². The third-order valence-corrected chi connectivity index (χ3v) is 7.94. The molecule has 0 spiro atoms. The van der Waals surface area contributed by atoms with Gasteiger partial charge in [0, 0.05) is 18.1 Å². The van der Waals surface area contributed by atoms with Crippen LogP contribution in [-0.4, -0.2) is 51.3 Å². The quantitative estimate of drug-likeness (QED) is 0.410. The van der Waals surface area contributed by atoms with Crippen molar-refractivity contribution in [1.29, 1.82) is 0 Å². The second-order valence-corrected chi connectivity index (χ2v) is 10.7. The molecular formula is C26H28BrN3O4S. The zero-order valence-corrected chi connectivity index (χ0v) is 22.0. The van der Waals surface area contributed by atoms with Crippen LogP contribution in [0.1, 0.15) is 12.5 Å². The van der Waals surface area contributed by atoms with Gasteiger partial charge in [0.2, 0.25) is 11.8 Å². The van der Waals surface area contributed by atoms with Gasteiger partial charge in [0.1, 0.15) is 12.6 Å². The summed E-state index contributed by atoms with van der Waals surface area (Å²) in [6.45, 7) is 1.45. The molecule has 3 aromatic carbocycles. The van der Waals surface area contributed by atoms with Gasteiger partial charge in [0.05, 0.1) is 10.6 Å². The summed E-state index contributed by atoms with van der Waals surface area (Å²) in [7, 11) is -2.54. The molecule has 2 amide bonds. The number of halogens is 1. The molecule has 0 saturated heterocycles. The topological polar surface area (TPSA) is 86.8 Å². The Hall–Kier alpha value is -3.17. The number of anilines is 1. The highest BCUT2D eigenvalue weighted by molar-refractivity contribution is 9.10. The van der Waals surface area contributed by atoms with Crippen LogP contribution in [0.15, 0.2) is 94.3 Å². The number of carbonyl (C=O) groups is 2. The van der Waals surface area contributed by atoms with E-state index >= 15 is 0 Å². The van der Waals surface area contributed by atoms with E-state index in [-0.39, 0.29) is 17.3 Å². The molecule has 7 nitrogen and oxygen atoms in total. The lowest BCUT2D eigenvalue weighted by Crippen LogP contribution is -2.51. The summed E-state index contributed by atoms with van der Waals surface area (Å²) in [5.41, 5.74) is 1.36. The molecule has 1 N–H and O–H groups in total. The average Bonchev–Trinajstić information content (AvgIpc) is 2.88. The van der Waals surface area contributed by atoms with Gasteiger partial charge in [-0.3, -0.25) is 13.9 Å². The maximum absolute atomic E-state index is 13.6. The Morgan fingerprint density at radius 2 is 1.49 bits per heavy atom. The van der Waals surface area contributed by atoms with E-state index in [4.69, 9.17) is 0 Å². The minimum atomic E-state index is -4.04. The summed E-state index contributed by atoms with van der Waals surface area (Å²) in [6.07, 6.45) is 0.525. The number of nitrogens with one attached hydrogen (secondary N) is 1. The van der Waals surface area contributed by atoms with Crippen molar-refractivity contribution in [3.8, 4) is 0 Å². The molecule has 0 bridgehead atoms. The molecule has 3 aromatic rings. The normalized spacial score (nSPS) is 12.0. The van der Waals surface area contributed by atoms with E-state index < -0.39 is 28.5 Å². The maximum atomic E-state index is 13.6. The minimum Gasteiger partial charge on any atom is -0.357 e. The molecule has 3 rings (SSSR count). The highest BCUT2D eigenvalue weighted by Crippen LogP contribution is 2.25. The summed E-state index contributed by atoms with van der Waals surface area (Å²) < 4.78 is 29.0. The number of rotatable bonds is 10. The van der Waals surface area contributed by atoms with E-state index in [1.54, 1.807) is 49.4 Å². The molecule has 0 aliphatic heterocycles. The van der Waals surface area contributed by atoms with Gasteiger partial charge < -0.3 is 10.2 Å². The van der Waals surface area contributed by atoms with Crippen molar-refractivity contribution in [2.75, 3.05) is 24.4 Å². The monoisotopic (exact) mass is 557 g/mol. The smallest absolute Gasteiger partial charge is 0.264 e. The predicted molar refractivity (Wildman–Crippen MR) is 141 cm³/mol. The SMILES string of the molecule is CNC(=O)[C@@H](C)N(CCc1ccccc1)C(=O)CN(c1ccc(Br)cc1)S(=O)(=O)c1ccccc1. The van der Waals surface area contributed by atoms with E-state index in [0.29, 0.717) is 12.1 Å². The number of hydrogen-bond donors (Lipinski definition) is 1. The molecule has 0 saturated carbocycles. The van der Waals surface area contributed by atoms with Crippen LogP contribution in [0.25, 0.3) is 0 Å². The first kappa shape index (κ1) is 26.4. The summed E-state index contributed by atoms with van der Waals surface area (Å²) in [6, 6.07) is 23.5. The largest absolute Gasteiger partial charge is 0.357 e. The Kier molecular flexibility index (Phi) is 9.06. The van der Waals surface area contributed by atoms with Crippen molar-refractivity contribution in [1.82, 2.24) is 10.2 Å². The van der Waals surface area contributed by atoms with Gasteiger partial charge in [-0.25, -0.2) is 8.42 Å². The van der Waals surface area contributed by atoms with Crippen LogP contribution in [0.5, 0.6) is 0 Å². The van der Waals surface area contributed by atoms with Crippen LogP contribution in [0.2, 0.25) is 0 Å². The fourth-order valence-corrected chi connectivity index (χ4v) is 5.33. The Morgan fingerprint density at radius 1 is 0.914 bits per heavy atom. The summed E-state index contributed by atoms with van der Waals surface area (Å²) in [5.74, 6) is -0.799. The third kappa shape index (κ3) is 6.70. The first-order valence-corrected chi connectivity index (χ1v) is 13.4. The number of sulfonamides is 1. The fraction of sp³-hybridized carbons (Fsp3) is 0.231. The van der Waals surface area contributed by atoms with Gasteiger partial charge in [-0.2, -0.15) is 0 Å². The maximum Gasteiger partial charge on any atom is 0.264 e. The van der Waals surface area contributed by atoms with Crippen molar-refractivity contribution in [3.63, 3.8) is 0 Å². The standard InChI is InChI=1S/C26H28BrN3O4S/c1-20(26(32)28-2)29(18-17-21-9-5-3-6-10-21)25(31)19-30(23-15-13-22(27)14-16-23)35(33,34)24-11-7-4-8-12-24/h3-16,20H,17-19H2,1-2H3,(H,28,32)/t20-/m1/s1. The minimum absolute atomic E-state index is 0.0749. The molecule has 0 aliphatic carbocycles. The van der Waals surface area contributed by atoms with E-state index in [0.717, 1.165) is 14.3 Å². The fourth-order valence-electron chi connectivity index (χ4n) is 3.63. The van der Waals surface area contributed by atoms with Gasteiger partial charge in [0.15, 0.2) is 0 Å². The molecule has 0 heterocycles. The van der Waals surface area contributed by atoms with E-state index in [9.17, 15) is 18.0 Å². The van der Waals surface area contributed by atoms with Crippen LogP contribution in [0.3, 0.4) is 0 Å². The molecule has 0 radical (unpaired) electrons. The molecule has 0 aliphatic rings. The van der Waals surface area contributed by atoms with Crippen molar-refractivity contribution < 1.29 is 18.0 Å². The lowest BCUT2D eigenvalue weighted by atomic mass is 10.1. The van der Waals surface area contributed by atoms with Gasteiger partial charge in [-0.15, -0.1) is 0 Å². The van der Waals surface area contributed by atoms with Crippen LogP contribution in [0.4, 0.5) is 5.69 Å². The van der Waals surface area contributed by atoms with Gasteiger partial charge in [-0.1, -0.05) is 64.5 Å². The number of hydrogen-bond acceptors (Lipinski definition) is 4. The highest BCUT2D eigenvalue weighted by atomic mass is 79.9. The Balaban J connectivity index is 1.95. The highest BCUT2D eigenvalue weighted by Gasteiger charge is 2.32. The van der Waals surface area contributed by atoms with E-state index in [2.05, 4.69) is 21.2 Å². The zero-order valence-electron chi connectivity index (χ0n) is 19.6.